The number of aliphatic hydroxyl groups excluding tert-OH is 1. The van der Waals surface area contributed by atoms with Crippen molar-refractivity contribution in [2.45, 2.75) is 26.9 Å². The van der Waals surface area contributed by atoms with Crippen molar-refractivity contribution in [1.29, 1.82) is 0 Å². The molecule has 0 aliphatic carbocycles. The third-order valence-electron chi connectivity index (χ3n) is 3.81. The lowest BCUT2D eigenvalue weighted by atomic mass is 9.84. The van der Waals surface area contributed by atoms with E-state index in [4.69, 9.17) is 4.74 Å². The number of methoxy groups -OCH3 is 1. The number of benzene rings is 2. The monoisotopic (exact) mass is 313 g/mol. The summed E-state index contributed by atoms with van der Waals surface area (Å²) in [7, 11) is 1.63. The van der Waals surface area contributed by atoms with Crippen molar-refractivity contribution < 1.29 is 14.6 Å². The summed E-state index contributed by atoms with van der Waals surface area (Å²) in [6.07, 6.45) is 0.572. The second kappa shape index (κ2) is 7.29. The molecule has 2 aromatic carbocycles. The van der Waals surface area contributed by atoms with Crippen LogP contribution in [0.15, 0.2) is 48.5 Å². The van der Waals surface area contributed by atoms with Crippen molar-refractivity contribution >= 4 is 11.6 Å². The normalized spacial score (nSPS) is 11.1. The van der Waals surface area contributed by atoms with Gasteiger partial charge in [-0.15, -0.1) is 0 Å². The van der Waals surface area contributed by atoms with Gasteiger partial charge in [-0.1, -0.05) is 44.2 Å². The molecular weight excluding hydrogens is 290 g/mol. The van der Waals surface area contributed by atoms with E-state index in [9.17, 15) is 9.90 Å². The number of rotatable bonds is 6. The molecular formula is C19H23NO3. The Bertz CT molecular complexity index is 680. The average Bonchev–Trinajstić information content (AvgIpc) is 2.55. The minimum Gasteiger partial charge on any atom is -0.496 e. The molecule has 4 nitrogen and oxygen atoms in total. The fourth-order valence-corrected chi connectivity index (χ4v) is 2.45. The van der Waals surface area contributed by atoms with Crippen LogP contribution < -0.4 is 10.1 Å². The fourth-order valence-electron chi connectivity index (χ4n) is 2.45. The molecule has 2 rings (SSSR count). The minimum absolute atomic E-state index is 0.0473. The van der Waals surface area contributed by atoms with Gasteiger partial charge in [0, 0.05) is 11.1 Å². The summed E-state index contributed by atoms with van der Waals surface area (Å²) in [6.45, 7) is 3.77. The molecule has 1 amide bonds. The molecule has 0 heterocycles. The molecule has 0 radical (unpaired) electrons. The standard InChI is InChI=1S/C19H23NO3/c1-19(2,12-15-8-4-5-10-17(15)23-3)18(22)20-16-9-6-7-14(11-16)13-21/h4-11,21H,12-13H2,1-3H3,(H,20,22). The van der Waals surface area contributed by atoms with Crippen LogP contribution in [-0.2, 0) is 17.8 Å². The SMILES string of the molecule is COc1ccccc1CC(C)(C)C(=O)Nc1cccc(CO)c1. The van der Waals surface area contributed by atoms with Gasteiger partial charge < -0.3 is 15.2 Å². The van der Waals surface area contributed by atoms with Crippen LogP contribution >= 0.6 is 0 Å². The molecule has 0 aliphatic heterocycles. The third kappa shape index (κ3) is 4.33. The Labute approximate surface area is 137 Å². The van der Waals surface area contributed by atoms with Gasteiger partial charge in [-0.2, -0.15) is 0 Å². The van der Waals surface area contributed by atoms with Crippen molar-refractivity contribution in [3.63, 3.8) is 0 Å². The Hall–Kier alpha value is -2.33. The lowest BCUT2D eigenvalue weighted by Crippen LogP contribution is -2.32. The van der Waals surface area contributed by atoms with E-state index >= 15 is 0 Å². The van der Waals surface area contributed by atoms with Gasteiger partial charge >= 0.3 is 0 Å². The number of carbonyl (C=O) groups excluding carboxylic acids is 1. The predicted molar refractivity (Wildman–Crippen MR) is 91.5 cm³/mol. The maximum Gasteiger partial charge on any atom is 0.230 e. The maximum absolute atomic E-state index is 12.6. The molecule has 0 spiro atoms. The molecule has 2 aromatic rings. The summed E-state index contributed by atoms with van der Waals surface area (Å²) in [5.74, 6) is 0.717. The van der Waals surface area contributed by atoms with Crippen molar-refractivity contribution in [1.82, 2.24) is 0 Å². The van der Waals surface area contributed by atoms with Crippen molar-refractivity contribution in [2.75, 3.05) is 12.4 Å². The Kier molecular flexibility index (Phi) is 5.40. The van der Waals surface area contributed by atoms with Crippen LogP contribution in [0.25, 0.3) is 0 Å². The number of amides is 1. The highest BCUT2D eigenvalue weighted by Crippen LogP contribution is 2.29. The number of hydrogen-bond donors (Lipinski definition) is 2. The van der Waals surface area contributed by atoms with E-state index in [0.29, 0.717) is 12.1 Å². The number of nitrogens with one attached hydrogen (secondary N) is 1. The molecule has 0 aromatic heterocycles. The summed E-state index contributed by atoms with van der Waals surface area (Å²) in [4.78, 5) is 12.6. The van der Waals surface area contributed by atoms with E-state index in [1.54, 1.807) is 13.2 Å². The topological polar surface area (TPSA) is 58.6 Å². The summed E-state index contributed by atoms with van der Waals surface area (Å²) in [5.41, 5.74) is 1.86. The Morgan fingerprint density at radius 2 is 1.91 bits per heavy atom. The number of para-hydroxylation sites is 1. The van der Waals surface area contributed by atoms with Gasteiger partial charge in [0.25, 0.3) is 0 Å². The second-order valence-corrected chi connectivity index (χ2v) is 6.19. The van der Waals surface area contributed by atoms with Crippen molar-refractivity contribution in [3.8, 4) is 5.75 Å². The Balaban J connectivity index is 2.13. The highest BCUT2D eigenvalue weighted by Gasteiger charge is 2.29. The summed E-state index contributed by atoms with van der Waals surface area (Å²) in [5, 5.41) is 12.1. The van der Waals surface area contributed by atoms with Gasteiger partial charge in [0.2, 0.25) is 5.91 Å². The van der Waals surface area contributed by atoms with Gasteiger partial charge in [0.15, 0.2) is 0 Å². The van der Waals surface area contributed by atoms with Crippen molar-refractivity contribution in [3.05, 3.63) is 59.7 Å². The van der Waals surface area contributed by atoms with Gasteiger partial charge in [0.1, 0.15) is 5.75 Å². The molecule has 23 heavy (non-hydrogen) atoms. The van der Waals surface area contributed by atoms with E-state index in [1.165, 1.54) is 0 Å². The second-order valence-electron chi connectivity index (χ2n) is 6.19. The Morgan fingerprint density at radius 3 is 2.61 bits per heavy atom. The first-order valence-corrected chi connectivity index (χ1v) is 7.59. The number of anilines is 1. The van der Waals surface area contributed by atoms with E-state index in [-0.39, 0.29) is 12.5 Å². The van der Waals surface area contributed by atoms with Gasteiger partial charge in [-0.25, -0.2) is 0 Å². The molecule has 2 N–H and O–H groups in total. The molecule has 0 unspecified atom stereocenters. The van der Waals surface area contributed by atoms with E-state index in [1.807, 2.05) is 56.3 Å². The predicted octanol–water partition coefficient (Wildman–Crippen LogP) is 3.39. The lowest BCUT2D eigenvalue weighted by Gasteiger charge is -2.24. The molecule has 0 atom stereocenters. The van der Waals surface area contributed by atoms with Crippen LogP contribution in [0.1, 0.15) is 25.0 Å². The number of aliphatic hydroxyl groups is 1. The van der Waals surface area contributed by atoms with Crippen molar-refractivity contribution in [2.24, 2.45) is 5.41 Å². The molecule has 0 fully saturated rings. The minimum atomic E-state index is -0.593. The van der Waals surface area contributed by atoms with Crippen LogP contribution in [0.5, 0.6) is 5.75 Å². The highest BCUT2D eigenvalue weighted by molar-refractivity contribution is 5.95. The number of ether oxygens (including phenoxy) is 1. The van der Waals surface area contributed by atoms with E-state index < -0.39 is 5.41 Å². The first-order chi connectivity index (χ1) is 11.0. The van der Waals surface area contributed by atoms with Crippen LogP contribution in [0, 0.1) is 5.41 Å². The quantitative estimate of drug-likeness (QED) is 0.859. The maximum atomic E-state index is 12.6. The highest BCUT2D eigenvalue weighted by atomic mass is 16.5. The van der Waals surface area contributed by atoms with Gasteiger partial charge in [-0.05, 0) is 35.7 Å². The van der Waals surface area contributed by atoms with Crippen LogP contribution in [0.3, 0.4) is 0 Å². The molecule has 0 saturated heterocycles. The summed E-state index contributed by atoms with van der Waals surface area (Å²) >= 11 is 0. The first kappa shape index (κ1) is 17.0. The van der Waals surface area contributed by atoms with Crippen LogP contribution in [0.4, 0.5) is 5.69 Å². The number of hydrogen-bond acceptors (Lipinski definition) is 3. The number of carbonyl (C=O) groups is 1. The Morgan fingerprint density at radius 1 is 1.17 bits per heavy atom. The van der Waals surface area contributed by atoms with E-state index in [0.717, 1.165) is 16.9 Å². The zero-order valence-electron chi connectivity index (χ0n) is 13.8. The average molecular weight is 313 g/mol. The molecule has 122 valence electrons. The third-order valence-corrected chi connectivity index (χ3v) is 3.81. The summed E-state index contributed by atoms with van der Waals surface area (Å²) in [6, 6.07) is 14.9. The smallest absolute Gasteiger partial charge is 0.230 e. The lowest BCUT2D eigenvalue weighted by molar-refractivity contribution is -0.123. The van der Waals surface area contributed by atoms with Crippen LogP contribution in [-0.4, -0.2) is 18.1 Å². The van der Waals surface area contributed by atoms with Gasteiger partial charge in [-0.3, -0.25) is 4.79 Å². The zero-order valence-corrected chi connectivity index (χ0v) is 13.8. The largest absolute Gasteiger partial charge is 0.496 e. The molecule has 0 bridgehead atoms. The first-order valence-electron chi connectivity index (χ1n) is 7.59. The zero-order chi connectivity index (χ0) is 16.9. The molecule has 0 saturated carbocycles. The molecule has 0 aliphatic rings. The summed E-state index contributed by atoms with van der Waals surface area (Å²) < 4.78 is 5.36. The van der Waals surface area contributed by atoms with Gasteiger partial charge in [0.05, 0.1) is 13.7 Å². The van der Waals surface area contributed by atoms with Crippen LogP contribution in [0.2, 0.25) is 0 Å². The molecule has 4 heteroatoms. The fraction of sp³-hybridized carbons (Fsp3) is 0.316. The van der Waals surface area contributed by atoms with E-state index in [2.05, 4.69) is 5.32 Å².